The van der Waals surface area contributed by atoms with E-state index in [1.807, 2.05) is 0 Å². The fraction of sp³-hybridized carbons (Fsp3) is 0.846. The van der Waals surface area contributed by atoms with Crippen LogP contribution in [0.5, 0.6) is 0 Å². The highest BCUT2D eigenvalue weighted by molar-refractivity contribution is 5.84. The molecule has 0 heterocycles. The van der Waals surface area contributed by atoms with Crippen molar-refractivity contribution in [1.29, 1.82) is 0 Å². The molecule has 0 saturated heterocycles. The molecular formula is C13H25N3O3. The Balaban J connectivity index is 2.58. The van der Waals surface area contributed by atoms with E-state index in [1.54, 1.807) is 0 Å². The summed E-state index contributed by atoms with van der Waals surface area (Å²) < 4.78 is 0. The number of rotatable bonds is 8. The van der Waals surface area contributed by atoms with E-state index in [4.69, 9.17) is 16.6 Å². The van der Waals surface area contributed by atoms with Crippen molar-refractivity contribution in [3.8, 4) is 0 Å². The smallest absolute Gasteiger partial charge is 0.307 e. The van der Waals surface area contributed by atoms with E-state index < -0.39 is 17.4 Å². The van der Waals surface area contributed by atoms with Crippen molar-refractivity contribution in [3.63, 3.8) is 0 Å². The zero-order valence-electron chi connectivity index (χ0n) is 11.4. The van der Waals surface area contributed by atoms with Crippen LogP contribution in [0.2, 0.25) is 0 Å². The van der Waals surface area contributed by atoms with Gasteiger partial charge in [-0.05, 0) is 32.2 Å². The number of carbonyl (C=O) groups excluding carboxylic acids is 1. The Bertz CT molecular complexity index is 314. The topological polar surface area (TPSA) is 118 Å². The fourth-order valence-electron chi connectivity index (χ4n) is 2.66. The summed E-state index contributed by atoms with van der Waals surface area (Å²) >= 11 is 0. The molecule has 110 valence electrons. The molecule has 6 N–H and O–H groups in total. The summed E-state index contributed by atoms with van der Waals surface area (Å²) in [4.78, 5) is 22.8. The Hall–Kier alpha value is -1.14. The third-order valence-corrected chi connectivity index (χ3v) is 3.97. The number of carboxylic acid groups (broad SMARTS) is 1. The lowest BCUT2D eigenvalue weighted by Crippen LogP contribution is -2.57. The second-order valence-electron chi connectivity index (χ2n) is 5.35. The first-order valence-corrected chi connectivity index (χ1v) is 6.99. The minimum absolute atomic E-state index is 0.276. The van der Waals surface area contributed by atoms with Crippen molar-refractivity contribution in [2.75, 3.05) is 13.1 Å². The van der Waals surface area contributed by atoms with Gasteiger partial charge in [0.15, 0.2) is 0 Å². The number of carbonyl (C=O) groups is 2. The molecule has 1 saturated carbocycles. The van der Waals surface area contributed by atoms with Crippen molar-refractivity contribution in [2.24, 2.45) is 17.4 Å². The molecule has 1 atom stereocenters. The van der Waals surface area contributed by atoms with Crippen LogP contribution in [0.4, 0.5) is 0 Å². The molecule has 0 spiro atoms. The summed E-state index contributed by atoms with van der Waals surface area (Å²) in [5.41, 5.74) is 10.2. The van der Waals surface area contributed by atoms with Gasteiger partial charge in [-0.1, -0.05) is 19.3 Å². The van der Waals surface area contributed by atoms with E-state index in [9.17, 15) is 9.59 Å². The number of hydrogen-bond donors (Lipinski definition) is 4. The number of nitrogens with one attached hydrogen (secondary N) is 1. The second-order valence-corrected chi connectivity index (χ2v) is 5.35. The minimum atomic E-state index is -0.851. The molecule has 6 heteroatoms. The summed E-state index contributed by atoms with van der Waals surface area (Å²) in [5, 5.41) is 12.3. The fourth-order valence-corrected chi connectivity index (χ4v) is 2.66. The lowest BCUT2D eigenvalue weighted by Gasteiger charge is -2.36. The molecule has 1 fully saturated rings. The molecular weight excluding hydrogens is 246 g/mol. The Labute approximate surface area is 113 Å². The van der Waals surface area contributed by atoms with Crippen LogP contribution in [-0.2, 0) is 9.59 Å². The monoisotopic (exact) mass is 271 g/mol. The molecule has 0 aromatic carbocycles. The van der Waals surface area contributed by atoms with Crippen LogP contribution in [0, 0.1) is 5.92 Å². The van der Waals surface area contributed by atoms with E-state index >= 15 is 0 Å². The highest BCUT2D eigenvalue weighted by Crippen LogP contribution is 2.28. The Kier molecular flexibility index (Phi) is 6.24. The molecule has 0 aromatic heterocycles. The lowest BCUT2D eigenvalue weighted by atomic mass is 9.80. The molecule has 1 aliphatic carbocycles. The number of hydrogen-bond acceptors (Lipinski definition) is 4. The molecule has 1 amide bonds. The molecule has 0 aromatic rings. The molecule has 1 rings (SSSR count). The van der Waals surface area contributed by atoms with Crippen molar-refractivity contribution in [3.05, 3.63) is 0 Å². The third kappa shape index (κ3) is 4.47. The molecule has 0 aliphatic heterocycles. The van der Waals surface area contributed by atoms with Gasteiger partial charge in [-0.15, -0.1) is 0 Å². The summed E-state index contributed by atoms with van der Waals surface area (Å²) in [6, 6.07) is 0. The first-order chi connectivity index (χ1) is 9.02. The van der Waals surface area contributed by atoms with Gasteiger partial charge in [0.25, 0.3) is 0 Å². The zero-order chi connectivity index (χ0) is 14.3. The van der Waals surface area contributed by atoms with Gasteiger partial charge in [-0.3, -0.25) is 9.59 Å². The maximum atomic E-state index is 11.7. The quantitative estimate of drug-likeness (QED) is 0.503. The average Bonchev–Trinajstić information content (AvgIpc) is 2.39. The average molecular weight is 271 g/mol. The normalized spacial score (nSPS) is 19.8. The van der Waals surface area contributed by atoms with Gasteiger partial charge in [-0.25, -0.2) is 0 Å². The molecule has 6 nitrogen and oxygen atoms in total. The van der Waals surface area contributed by atoms with E-state index in [-0.39, 0.29) is 12.5 Å². The van der Waals surface area contributed by atoms with Gasteiger partial charge in [0.1, 0.15) is 0 Å². The number of primary amides is 1. The Morgan fingerprint density at radius 1 is 1.26 bits per heavy atom. The molecule has 0 bridgehead atoms. The van der Waals surface area contributed by atoms with Crippen molar-refractivity contribution < 1.29 is 14.7 Å². The summed E-state index contributed by atoms with van der Waals surface area (Å²) in [6.45, 7) is 0.753. The number of amides is 1. The van der Waals surface area contributed by atoms with E-state index in [2.05, 4.69) is 5.32 Å². The third-order valence-electron chi connectivity index (χ3n) is 3.97. The highest BCUT2D eigenvalue weighted by atomic mass is 16.4. The molecule has 0 radical (unpaired) electrons. The van der Waals surface area contributed by atoms with E-state index in [1.165, 1.54) is 0 Å². The van der Waals surface area contributed by atoms with Gasteiger partial charge >= 0.3 is 5.97 Å². The zero-order valence-corrected chi connectivity index (χ0v) is 11.4. The largest absolute Gasteiger partial charge is 0.481 e. The van der Waals surface area contributed by atoms with Gasteiger partial charge in [0.05, 0.1) is 11.5 Å². The van der Waals surface area contributed by atoms with Crippen molar-refractivity contribution in [2.45, 2.75) is 50.5 Å². The van der Waals surface area contributed by atoms with Crippen LogP contribution in [-0.4, -0.2) is 35.6 Å². The number of nitrogens with two attached hydrogens (primary N) is 2. The maximum absolute atomic E-state index is 11.7. The molecule has 1 aliphatic rings. The van der Waals surface area contributed by atoms with Crippen LogP contribution >= 0.6 is 0 Å². The van der Waals surface area contributed by atoms with Crippen LogP contribution in [0.1, 0.15) is 44.9 Å². The van der Waals surface area contributed by atoms with Crippen LogP contribution in [0.3, 0.4) is 0 Å². The molecule has 1 unspecified atom stereocenters. The maximum Gasteiger partial charge on any atom is 0.307 e. The summed E-state index contributed by atoms with van der Waals surface area (Å²) in [5.74, 6) is -1.73. The Morgan fingerprint density at radius 2 is 1.89 bits per heavy atom. The van der Waals surface area contributed by atoms with E-state index in [0.717, 1.165) is 19.3 Å². The molecule has 19 heavy (non-hydrogen) atoms. The highest BCUT2D eigenvalue weighted by Gasteiger charge is 2.38. The summed E-state index contributed by atoms with van der Waals surface area (Å²) in [6.07, 6.45) is 5.60. The lowest BCUT2D eigenvalue weighted by molar-refractivity contribution is -0.142. The van der Waals surface area contributed by atoms with Crippen molar-refractivity contribution >= 4 is 11.9 Å². The van der Waals surface area contributed by atoms with Gasteiger partial charge in [-0.2, -0.15) is 0 Å². The minimum Gasteiger partial charge on any atom is -0.481 e. The first kappa shape index (κ1) is 15.9. The second kappa shape index (κ2) is 7.45. The van der Waals surface area contributed by atoms with Crippen LogP contribution in [0.15, 0.2) is 0 Å². The summed E-state index contributed by atoms with van der Waals surface area (Å²) in [7, 11) is 0. The van der Waals surface area contributed by atoms with Crippen LogP contribution in [0.25, 0.3) is 0 Å². The number of carboxylic acids is 1. The first-order valence-electron chi connectivity index (χ1n) is 6.99. The number of aliphatic carboxylic acids is 1. The van der Waals surface area contributed by atoms with Gasteiger partial charge in [0.2, 0.25) is 5.91 Å². The van der Waals surface area contributed by atoms with Crippen molar-refractivity contribution in [1.82, 2.24) is 5.32 Å². The standard InChI is InChI=1S/C13H25N3O3/c14-8-4-5-10(11(17)18)9-16-13(12(15)19)6-2-1-3-7-13/h10,16H,1-9,14H2,(H2,15,19)(H,17,18). The van der Waals surface area contributed by atoms with Gasteiger partial charge in [0, 0.05) is 6.54 Å². The predicted octanol–water partition coefficient (Wildman–Crippen LogP) is 0.204. The predicted molar refractivity (Wildman–Crippen MR) is 72.4 cm³/mol. The van der Waals surface area contributed by atoms with Gasteiger partial charge < -0.3 is 21.9 Å². The SMILES string of the molecule is NCCCC(CNC1(C(N)=O)CCCCC1)C(=O)O. The van der Waals surface area contributed by atoms with E-state index in [0.29, 0.717) is 32.2 Å². The van der Waals surface area contributed by atoms with Crippen LogP contribution < -0.4 is 16.8 Å². The Morgan fingerprint density at radius 3 is 2.37 bits per heavy atom.